The third kappa shape index (κ3) is 5.51. The Labute approximate surface area is 184 Å². The van der Waals surface area contributed by atoms with Crippen LogP contribution in [0.3, 0.4) is 0 Å². The summed E-state index contributed by atoms with van der Waals surface area (Å²) in [6.07, 6.45) is 1.32. The third-order valence-electron chi connectivity index (χ3n) is 4.46. The number of aromatic nitrogens is 4. The summed E-state index contributed by atoms with van der Waals surface area (Å²) >= 11 is 3.47. The summed E-state index contributed by atoms with van der Waals surface area (Å²) in [6, 6.07) is 0.224. The van der Waals surface area contributed by atoms with Crippen molar-refractivity contribution >= 4 is 39.0 Å². The maximum atomic E-state index is 12.4. The molecule has 0 aliphatic carbocycles. The fourth-order valence-corrected chi connectivity index (χ4v) is 3.52. The molecule has 1 aliphatic rings. The summed E-state index contributed by atoms with van der Waals surface area (Å²) in [5, 5.41) is 0. The topological polar surface area (TPSA) is 118 Å². The number of amides is 1. The number of fused-ring (bicyclic) bond motifs is 1. The Hall–Kier alpha value is -2.14. The predicted molar refractivity (Wildman–Crippen MR) is 115 cm³/mol. The molecular weight excluding hydrogens is 456 g/mol. The highest BCUT2D eigenvalue weighted by atomic mass is 79.9. The molecule has 1 saturated heterocycles. The van der Waals surface area contributed by atoms with E-state index in [1.54, 1.807) is 4.90 Å². The molecule has 3 heterocycles. The van der Waals surface area contributed by atoms with Crippen molar-refractivity contribution in [3.05, 3.63) is 4.73 Å². The predicted octanol–water partition coefficient (Wildman–Crippen LogP) is 2.99. The highest BCUT2D eigenvalue weighted by Crippen LogP contribution is 2.26. The van der Waals surface area contributed by atoms with Crippen LogP contribution in [0.1, 0.15) is 40.5 Å². The van der Waals surface area contributed by atoms with Crippen LogP contribution in [0.4, 0.5) is 10.6 Å². The fourth-order valence-electron chi connectivity index (χ4n) is 3.03. The van der Waals surface area contributed by atoms with E-state index in [1.165, 1.54) is 0 Å². The minimum atomic E-state index is -0.545. The van der Waals surface area contributed by atoms with Crippen molar-refractivity contribution in [2.45, 2.75) is 58.8 Å². The second-order valence-corrected chi connectivity index (χ2v) is 8.89. The van der Waals surface area contributed by atoms with E-state index in [4.69, 9.17) is 19.9 Å². The molecular formula is C19H29BrN6O4. The Balaban J connectivity index is 1.77. The largest absolute Gasteiger partial charge is 0.463 e. The van der Waals surface area contributed by atoms with Crippen LogP contribution in [0, 0.1) is 0 Å². The fraction of sp³-hybridized carbons (Fsp3) is 0.684. The van der Waals surface area contributed by atoms with Gasteiger partial charge >= 0.3 is 12.1 Å². The summed E-state index contributed by atoms with van der Waals surface area (Å²) in [5.74, 6) is 0.255. The van der Waals surface area contributed by atoms with Gasteiger partial charge in [0.25, 0.3) is 0 Å². The third-order valence-corrected chi connectivity index (χ3v) is 5.07. The van der Waals surface area contributed by atoms with Gasteiger partial charge in [-0.25, -0.2) is 9.78 Å². The van der Waals surface area contributed by atoms with E-state index < -0.39 is 5.60 Å². The van der Waals surface area contributed by atoms with Gasteiger partial charge in [0.2, 0.25) is 0 Å². The molecule has 0 spiro atoms. The molecule has 2 aromatic rings. The minimum absolute atomic E-state index is 0.224. The number of hydrogen-bond donors (Lipinski definition) is 1. The normalized spacial score (nSPS) is 17.4. The van der Waals surface area contributed by atoms with Crippen molar-refractivity contribution in [3.63, 3.8) is 0 Å². The maximum absolute atomic E-state index is 12.4. The van der Waals surface area contributed by atoms with Crippen molar-refractivity contribution in [3.8, 4) is 6.01 Å². The first-order valence-electron chi connectivity index (χ1n) is 10.1. The number of hydrogen-bond acceptors (Lipinski definition) is 8. The second-order valence-electron chi connectivity index (χ2n) is 8.18. The summed E-state index contributed by atoms with van der Waals surface area (Å²) < 4.78 is 19.4. The Kier molecular flexibility index (Phi) is 7.02. The molecule has 1 fully saturated rings. The molecule has 0 aromatic carbocycles. The lowest BCUT2D eigenvalue weighted by Crippen LogP contribution is -2.48. The van der Waals surface area contributed by atoms with Gasteiger partial charge in [0.05, 0.1) is 32.4 Å². The molecule has 0 bridgehead atoms. The van der Waals surface area contributed by atoms with E-state index >= 15 is 0 Å². The van der Waals surface area contributed by atoms with Crippen molar-refractivity contribution in [1.82, 2.24) is 24.4 Å². The lowest BCUT2D eigenvalue weighted by Gasteiger charge is -2.34. The number of nitrogen functional groups attached to an aromatic ring is 1. The van der Waals surface area contributed by atoms with Gasteiger partial charge in [-0.2, -0.15) is 9.97 Å². The lowest BCUT2D eigenvalue weighted by molar-refractivity contribution is -0.0471. The summed E-state index contributed by atoms with van der Waals surface area (Å²) in [5.41, 5.74) is 6.57. The molecule has 10 nitrogen and oxygen atoms in total. The number of unbranched alkanes of at least 4 members (excludes halogenated alkanes) is 1. The summed E-state index contributed by atoms with van der Waals surface area (Å²) in [6.45, 7) is 9.90. The average molecular weight is 485 g/mol. The first-order chi connectivity index (χ1) is 14.2. The molecule has 1 amide bonds. The van der Waals surface area contributed by atoms with Crippen LogP contribution in [0.2, 0.25) is 0 Å². The molecule has 11 heteroatoms. The number of carbonyl (C=O) groups excluding carboxylic acids is 1. The Morgan fingerprint density at radius 2 is 2.10 bits per heavy atom. The van der Waals surface area contributed by atoms with E-state index in [9.17, 15) is 4.79 Å². The van der Waals surface area contributed by atoms with Crippen molar-refractivity contribution in [1.29, 1.82) is 0 Å². The monoisotopic (exact) mass is 484 g/mol. The van der Waals surface area contributed by atoms with Gasteiger partial charge in [-0.05, 0) is 43.1 Å². The van der Waals surface area contributed by atoms with E-state index in [-0.39, 0.29) is 24.0 Å². The zero-order valence-corrected chi connectivity index (χ0v) is 19.4. The van der Waals surface area contributed by atoms with Crippen LogP contribution in [0.15, 0.2) is 4.73 Å². The maximum Gasteiger partial charge on any atom is 0.410 e. The number of nitrogens with two attached hydrogens (primary N) is 1. The first kappa shape index (κ1) is 22.5. The van der Waals surface area contributed by atoms with Crippen LogP contribution in [0.5, 0.6) is 6.01 Å². The molecule has 166 valence electrons. The van der Waals surface area contributed by atoms with Gasteiger partial charge in [0.15, 0.2) is 21.7 Å². The molecule has 30 heavy (non-hydrogen) atoms. The zero-order chi connectivity index (χ0) is 21.9. The molecule has 2 aromatic heterocycles. The van der Waals surface area contributed by atoms with Gasteiger partial charge in [0, 0.05) is 6.54 Å². The van der Waals surface area contributed by atoms with Crippen LogP contribution in [-0.2, 0) is 16.0 Å². The first-order valence-corrected chi connectivity index (χ1v) is 10.9. The quantitative estimate of drug-likeness (QED) is 0.490. The van der Waals surface area contributed by atoms with Crippen LogP contribution >= 0.6 is 15.9 Å². The highest BCUT2D eigenvalue weighted by Gasteiger charge is 2.29. The smallest absolute Gasteiger partial charge is 0.410 e. The molecule has 1 aliphatic heterocycles. The molecule has 1 unspecified atom stereocenters. The van der Waals surface area contributed by atoms with Gasteiger partial charge in [0.1, 0.15) is 5.60 Å². The van der Waals surface area contributed by atoms with Crippen molar-refractivity contribution in [2.24, 2.45) is 0 Å². The molecule has 0 saturated carbocycles. The number of halogens is 1. The average Bonchev–Trinajstić information content (AvgIpc) is 2.97. The highest BCUT2D eigenvalue weighted by molar-refractivity contribution is 9.10. The Morgan fingerprint density at radius 3 is 2.80 bits per heavy atom. The van der Waals surface area contributed by atoms with Gasteiger partial charge in [-0.15, -0.1) is 0 Å². The zero-order valence-electron chi connectivity index (χ0n) is 17.9. The number of ether oxygens (including phenoxy) is 3. The van der Waals surface area contributed by atoms with Crippen LogP contribution < -0.4 is 10.5 Å². The number of imidazole rings is 1. The van der Waals surface area contributed by atoms with E-state index in [1.807, 2.05) is 25.3 Å². The minimum Gasteiger partial charge on any atom is -0.463 e. The van der Waals surface area contributed by atoms with Gasteiger partial charge in [-0.3, -0.25) is 0 Å². The van der Waals surface area contributed by atoms with Gasteiger partial charge in [-0.1, -0.05) is 13.3 Å². The molecule has 3 rings (SSSR count). The van der Waals surface area contributed by atoms with E-state index in [2.05, 4.69) is 37.8 Å². The number of morpholine rings is 1. The lowest BCUT2D eigenvalue weighted by atomic mass is 10.2. The van der Waals surface area contributed by atoms with Crippen LogP contribution in [-0.4, -0.2) is 68.5 Å². The summed E-state index contributed by atoms with van der Waals surface area (Å²) in [7, 11) is 0. The molecule has 2 N–H and O–H groups in total. The van der Waals surface area contributed by atoms with Gasteiger partial charge < -0.3 is 29.4 Å². The Morgan fingerprint density at radius 1 is 1.33 bits per heavy atom. The number of carbonyl (C=O) groups is 1. The SMILES string of the molecule is CCCCOc1nc(N)c2nc(Br)n(CC3CN(C(=O)OC(C)(C)C)CCO3)c2n1. The van der Waals surface area contributed by atoms with Crippen molar-refractivity contribution < 1.29 is 19.0 Å². The molecule has 1 atom stereocenters. The molecule has 0 radical (unpaired) electrons. The summed E-state index contributed by atoms with van der Waals surface area (Å²) in [4.78, 5) is 27.2. The van der Waals surface area contributed by atoms with E-state index in [0.29, 0.717) is 48.7 Å². The standard InChI is InChI=1S/C19H29BrN6O4/c1-5-6-8-29-17-23-14(21)13-15(24-17)26(16(20)22-13)11-12-10-25(7-9-28-12)18(27)30-19(2,3)4/h12H,5-11H2,1-4H3,(H2,21,23,24). The number of rotatable bonds is 6. The van der Waals surface area contributed by atoms with Crippen LogP contribution in [0.25, 0.3) is 11.2 Å². The van der Waals surface area contributed by atoms with E-state index in [0.717, 1.165) is 12.8 Å². The van der Waals surface area contributed by atoms with Crippen molar-refractivity contribution in [2.75, 3.05) is 32.0 Å². The second kappa shape index (κ2) is 9.34. The number of anilines is 1. The Bertz CT molecular complexity index is 897. The number of nitrogens with zero attached hydrogens (tertiary/aromatic N) is 5.